The fourth-order valence-electron chi connectivity index (χ4n) is 2.63. The van der Waals surface area contributed by atoms with Crippen LogP contribution in [0.25, 0.3) is 0 Å². The lowest BCUT2D eigenvalue weighted by molar-refractivity contribution is -0.126. The number of benzene rings is 2. The monoisotopic (exact) mass is 367 g/mol. The van der Waals surface area contributed by atoms with Gasteiger partial charge in [-0.25, -0.2) is 21.9 Å². The van der Waals surface area contributed by atoms with Gasteiger partial charge >= 0.3 is 0 Å². The van der Waals surface area contributed by atoms with Crippen molar-refractivity contribution in [3.63, 3.8) is 0 Å². The maximum absolute atomic E-state index is 13.6. The lowest BCUT2D eigenvalue weighted by atomic mass is 10.0. The van der Waals surface area contributed by atoms with Gasteiger partial charge in [-0.15, -0.1) is 0 Å². The Hall–Kier alpha value is -2.48. The van der Waals surface area contributed by atoms with Gasteiger partial charge in [-0.1, -0.05) is 30.3 Å². The van der Waals surface area contributed by atoms with Crippen molar-refractivity contribution in [3.8, 4) is 5.75 Å². The van der Waals surface area contributed by atoms with Gasteiger partial charge in [0.2, 0.25) is 10.0 Å². The summed E-state index contributed by atoms with van der Waals surface area (Å²) in [6, 6.07) is 10.4. The molecular weight excluding hydrogens is 352 g/mol. The fraction of sp³-hybridized carbons (Fsp3) is 0.235. The van der Waals surface area contributed by atoms with Crippen LogP contribution in [0.3, 0.4) is 0 Å². The molecule has 1 aliphatic heterocycles. The third kappa shape index (κ3) is 3.96. The minimum absolute atomic E-state index is 0.326. The molecule has 8 heteroatoms. The maximum atomic E-state index is 13.6. The van der Waals surface area contributed by atoms with Gasteiger partial charge < -0.3 is 4.74 Å². The van der Waals surface area contributed by atoms with Crippen LogP contribution in [0.2, 0.25) is 0 Å². The highest BCUT2D eigenvalue weighted by molar-refractivity contribution is 7.89. The summed E-state index contributed by atoms with van der Waals surface area (Å²) >= 11 is 0. The molecule has 1 unspecified atom stereocenters. The van der Waals surface area contributed by atoms with Crippen molar-refractivity contribution in [1.29, 1.82) is 0 Å². The van der Waals surface area contributed by atoms with E-state index >= 15 is 0 Å². The van der Waals surface area contributed by atoms with E-state index in [1.54, 1.807) is 12.1 Å². The van der Waals surface area contributed by atoms with E-state index in [1.165, 1.54) is 6.07 Å². The smallest absolute Gasteiger partial charge is 0.274 e. The standard InChI is InChI=1S/C17H15F2NO4S/c18-13-6-3-5-12(16(13)19)10-25(22,23)20-17(21)15-9-8-11-4-1-2-7-14(11)24-15/h1-7,15H,8-10H2,(H,20,21). The molecule has 0 spiro atoms. The molecule has 0 bridgehead atoms. The fourth-order valence-corrected chi connectivity index (χ4v) is 3.77. The average Bonchev–Trinajstić information content (AvgIpc) is 2.58. The van der Waals surface area contributed by atoms with Gasteiger partial charge in [0.05, 0.1) is 5.75 Å². The molecule has 0 aromatic heterocycles. The Bertz CT molecular complexity index is 915. The summed E-state index contributed by atoms with van der Waals surface area (Å²) in [4.78, 5) is 12.2. The molecule has 3 rings (SSSR count). The number of fused-ring (bicyclic) bond motifs is 1. The van der Waals surface area contributed by atoms with Gasteiger partial charge in [0, 0.05) is 5.56 Å². The largest absolute Gasteiger partial charge is 0.480 e. The van der Waals surface area contributed by atoms with Crippen molar-refractivity contribution >= 4 is 15.9 Å². The van der Waals surface area contributed by atoms with E-state index in [4.69, 9.17) is 4.74 Å². The summed E-state index contributed by atoms with van der Waals surface area (Å²) < 4.78 is 58.3. The molecular formula is C17H15F2NO4S. The summed E-state index contributed by atoms with van der Waals surface area (Å²) in [5.74, 6) is -3.53. The van der Waals surface area contributed by atoms with Crippen molar-refractivity contribution < 1.29 is 26.7 Å². The number of ether oxygens (including phenoxy) is 1. The number of para-hydroxylation sites is 1. The highest BCUT2D eigenvalue weighted by Gasteiger charge is 2.29. The number of nitrogens with one attached hydrogen (secondary N) is 1. The van der Waals surface area contributed by atoms with E-state index in [1.807, 2.05) is 16.9 Å². The summed E-state index contributed by atoms with van der Waals surface area (Å²) in [5.41, 5.74) is 0.589. The number of hydrogen-bond acceptors (Lipinski definition) is 4. The lowest BCUT2D eigenvalue weighted by Gasteiger charge is -2.25. The van der Waals surface area contributed by atoms with E-state index in [0.29, 0.717) is 18.6 Å². The third-order valence-corrected chi connectivity index (χ3v) is 5.05. The highest BCUT2D eigenvalue weighted by Crippen LogP contribution is 2.27. The van der Waals surface area contributed by atoms with Crippen LogP contribution in [-0.4, -0.2) is 20.4 Å². The number of carbonyl (C=O) groups is 1. The Morgan fingerprint density at radius 3 is 2.72 bits per heavy atom. The zero-order valence-electron chi connectivity index (χ0n) is 13.0. The van der Waals surface area contributed by atoms with Crippen molar-refractivity contribution in [1.82, 2.24) is 4.72 Å². The Morgan fingerprint density at radius 2 is 1.92 bits per heavy atom. The molecule has 1 N–H and O–H groups in total. The molecule has 2 aromatic rings. The van der Waals surface area contributed by atoms with Gasteiger partial charge in [0.25, 0.3) is 5.91 Å². The number of aryl methyl sites for hydroxylation is 1. The van der Waals surface area contributed by atoms with Crippen LogP contribution >= 0.6 is 0 Å². The molecule has 0 saturated heterocycles. The Balaban J connectivity index is 1.69. The number of sulfonamides is 1. The van der Waals surface area contributed by atoms with Gasteiger partial charge in [-0.3, -0.25) is 4.79 Å². The summed E-state index contributed by atoms with van der Waals surface area (Å²) in [5, 5.41) is 0. The zero-order valence-corrected chi connectivity index (χ0v) is 13.9. The molecule has 5 nitrogen and oxygen atoms in total. The number of carbonyl (C=O) groups excluding carboxylic acids is 1. The molecule has 1 atom stereocenters. The van der Waals surface area contributed by atoms with Gasteiger partial charge in [-0.05, 0) is 30.5 Å². The average molecular weight is 367 g/mol. The van der Waals surface area contributed by atoms with Crippen molar-refractivity contribution in [2.24, 2.45) is 0 Å². The maximum Gasteiger partial charge on any atom is 0.274 e. The van der Waals surface area contributed by atoms with E-state index in [9.17, 15) is 22.0 Å². The minimum atomic E-state index is -4.19. The first kappa shape index (κ1) is 17.3. The minimum Gasteiger partial charge on any atom is -0.480 e. The molecule has 132 valence electrons. The summed E-state index contributed by atoms with van der Waals surface area (Å²) in [6.45, 7) is 0. The number of hydrogen-bond donors (Lipinski definition) is 1. The van der Waals surface area contributed by atoms with E-state index in [0.717, 1.165) is 17.7 Å². The third-order valence-electron chi connectivity index (χ3n) is 3.84. The van der Waals surface area contributed by atoms with Crippen LogP contribution in [0.1, 0.15) is 17.5 Å². The SMILES string of the molecule is O=C(NS(=O)(=O)Cc1cccc(F)c1F)C1CCc2ccccc2O1. The second kappa shape index (κ2) is 6.79. The van der Waals surface area contributed by atoms with E-state index in [2.05, 4.69) is 0 Å². The second-order valence-corrected chi connectivity index (χ2v) is 7.41. The van der Waals surface area contributed by atoms with Crippen LogP contribution in [0, 0.1) is 11.6 Å². The summed E-state index contributed by atoms with van der Waals surface area (Å²) in [6.07, 6.45) is -0.0541. The summed E-state index contributed by atoms with van der Waals surface area (Å²) in [7, 11) is -4.19. The van der Waals surface area contributed by atoms with Crippen molar-refractivity contribution in [3.05, 3.63) is 65.2 Å². The van der Waals surface area contributed by atoms with E-state index in [-0.39, 0.29) is 5.56 Å². The Morgan fingerprint density at radius 1 is 1.16 bits per heavy atom. The van der Waals surface area contributed by atoms with Crippen molar-refractivity contribution in [2.45, 2.75) is 24.7 Å². The normalized spacial score (nSPS) is 16.6. The first-order valence-corrected chi connectivity index (χ1v) is 9.23. The topological polar surface area (TPSA) is 72.5 Å². The Kier molecular flexibility index (Phi) is 4.71. The number of amides is 1. The first-order valence-electron chi connectivity index (χ1n) is 7.57. The first-order chi connectivity index (χ1) is 11.9. The molecule has 0 radical (unpaired) electrons. The molecule has 25 heavy (non-hydrogen) atoms. The highest BCUT2D eigenvalue weighted by atomic mass is 32.2. The predicted octanol–water partition coefficient (Wildman–Crippen LogP) is 2.30. The van der Waals surface area contributed by atoms with Gasteiger partial charge in [0.1, 0.15) is 5.75 Å². The molecule has 0 fully saturated rings. The number of halogens is 2. The quantitative estimate of drug-likeness (QED) is 0.900. The van der Waals surface area contributed by atoms with Crippen LogP contribution in [0.5, 0.6) is 5.75 Å². The van der Waals surface area contributed by atoms with Gasteiger partial charge in [-0.2, -0.15) is 0 Å². The van der Waals surface area contributed by atoms with Crippen LogP contribution < -0.4 is 9.46 Å². The Labute approximate surface area is 143 Å². The van der Waals surface area contributed by atoms with Gasteiger partial charge in [0.15, 0.2) is 17.7 Å². The van der Waals surface area contributed by atoms with Crippen LogP contribution in [0.15, 0.2) is 42.5 Å². The van der Waals surface area contributed by atoms with Crippen molar-refractivity contribution in [2.75, 3.05) is 0 Å². The predicted molar refractivity (Wildman–Crippen MR) is 86.3 cm³/mol. The second-order valence-electron chi connectivity index (χ2n) is 5.69. The molecule has 2 aromatic carbocycles. The van der Waals surface area contributed by atoms with E-state index < -0.39 is 39.4 Å². The lowest BCUT2D eigenvalue weighted by Crippen LogP contribution is -2.43. The van der Waals surface area contributed by atoms with Crippen LogP contribution in [0.4, 0.5) is 8.78 Å². The number of rotatable bonds is 4. The van der Waals surface area contributed by atoms with Crippen LogP contribution in [-0.2, 0) is 27.0 Å². The molecule has 1 heterocycles. The molecule has 1 aliphatic rings. The molecule has 1 amide bonds. The molecule has 0 aliphatic carbocycles. The zero-order chi connectivity index (χ0) is 18.0. The molecule has 0 saturated carbocycles.